The second-order valence-electron chi connectivity index (χ2n) is 5.31. The van der Waals surface area contributed by atoms with Gasteiger partial charge in [0, 0.05) is 6.54 Å². The lowest BCUT2D eigenvalue weighted by atomic mass is 10.4. The van der Waals surface area contributed by atoms with Crippen molar-refractivity contribution in [3.63, 3.8) is 0 Å². The van der Waals surface area contributed by atoms with Crippen molar-refractivity contribution in [1.82, 2.24) is 25.2 Å². The molecule has 7 nitrogen and oxygen atoms in total. The minimum atomic E-state index is -0.327. The Balaban J connectivity index is 1.66. The van der Waals surface area contributed by atoms with E-state index >= 15 is 0 Å². The average Bonchev–Trinajstić information content (AvgIpc) is 3.13. The third-order valence-corrected chi connectivity index (χ3v) is 4.04. The Bertz CT molecular complexity index is 674. The van der Waals surface area contributed by atoms with Crippen molar-refractivity contribution in [3.05, 3.63) is 28.1 Å². The number of nitrogens with zero attached hydrogens (tertiary/aromatic N) is 4. The van der Waals surface area contributed by atoms with Crippen molar-refractivity contribution >= 4 is 17.5 Å². The molecule has 0 bridgehead atoms. The number of amides is 1. The fraction of sp³-hybridized carbons (Fsp3) is 0.538. The van der Waals surface area contributed by atoms with Gasteiger partial charge in [0.05, 0.1) is 16.4 Å². The number of hydrogen-bond acceptors (Lipinski definition) is 5. The molecule has 0 spiro atoms. The molecule has 0 aromatic carbocycles. The molecule has 112 valence electrons. The summed E-state index contributed by atoms with van der Waals surface area (Å²) in [7, 11) is 0. The number of aromatic nitrogens is 4. The van der Waals surface area contributed by atoms with Crippen LogP contribution in [0, 0.1) is 19.8 Å². The summed E-state index contributed by atoms with van der Waals surface area (Å²) in [6.07, 6.45) is 2.35. The molecule has 2 aromatic rings. The fourth-order valence-electron chi connectivity index (χ4n) is 2.01. The van der Waals surface area contributed by atoms with Gasteiger partial charge in [0.25, 0.3) is 0 Å². The molecule has 0 atom stereocenters. The molecule has 2 heterocycles. The van der Waals surface area contributed by atoms with Gasteiger partial charge in [-0.05, 0) is 32.6 Å². The molecule has 0 saturated heterocycles. The SMILES string of the molecule is Cc1nn(Cc2noc(C(=O)NCC3CC3)n2)c(C)c1Cl. The van der Waals surface area contributed by atoms with Crippen molar-refractivity contribution < 1.29 is 9.32 Å². The van der Waals surface area contributed by atoms with Gasteiger partial charge in [-0.15, -0.1) is 0 Å². The van der Waals surface area contributed by atoms with Crippen molar-refractivity contribution in [1.29, 1.82) is 0 Å². The van der Waals surface area contributed by atoms with Crippen LogP contribution >= 0.6 is 11.6 Å². The topological polar surface area (TPSA) is 85.8 Å². The van der Waals surface area contributed by atoms with Crippen LogP contribution in [-0.4, -0.2) is 32.4 Å². The third-order valence-electron chi connectivity index (χ3n) is 3.49. The van der Waals surface area contributed by atoms with E-state index in [0.717, 1.165) is 11.4 Å². The van der Waals surface area contributed by atoms with E-state index in [1.807, 2.05) is 13.8 Å². The summed E-state index contributed by atoms with van der Waals surface area (Å²) >= 11 is 6.09. The van der Waals surface area contributed by atoms with Gasteiger partial charge in [-0.2, -0.15) is 10.1 Å². The molecule has 1 fully saturated rings. The van der Waals surface area contributed by atoms with E-state index in [9.17, 15) is 4.79 Å². The first kappa shape index (κ1) is 14.1. The van der Waals surface area contributed by atoms with Crippen molar-refractivity contribution in [2.24, 2.45) is 5.92 Å². The maximum Gasteiger partial charge on any atom is 0.316 e. The van der Waals surface area contributed by atoms with Crippen LogP contribution in [0.3, 0.4) is 0 Å². The Kier molecular flexibility index (Phi) is 3.67. The zero-order valence-electron chi connectivity index (χ0n) is 11.9. The largest absolute Gasteiger partial charge is 0.348 e. The monoisotopic (exact) mass is 309 g/mol. The molecule has 1 aliphatic rings. The van der Waals surface area contributed by atoms with Crippen LogP contribution in [0.15, 0.2) is 4.52 Å². The molecule has 2 aromatic heterocycles. The van der Waals surface area contributed by atoms with Crippen molar-refractivity contribution in [2.75, 3.05) is 6.54 Å². The molecule has 1 saturated carbocycles. The first-order valence-electron chi connectivity index (χ1n) is 6.85. The van der Waals surface area contributed by atoms with Crippen LogP contribution in [-0.2, 0) is 6.54 Å². The predicted octanol–water partition coefficient (Wildman–Crippen LogP) is 1.72. The summed E-state index contributed by atoms with van der Waals surface area (Å²) in [5.41, 5.74) is 1.58. The summed E-state index contributed by atoms with van der Waals surface area (Å²) in [5, 5.41) is 11.5. The molecule has 0 radical (unpaired) electrons. The standard InChI is InChI=1S/C13H16ClN5O2/c1-7-11(14)8(2)19(17-7)6-10-16-13(21-18-10)12(20)15-5-9-3-4-9/h9H,3-6H2,1-2H3,(H,15,20). The lowest BCUT2D eigenvalue weighted by Crippen LogP contribution is -2.25. The predicted molar refractivity (Wildman–Crippen MR) is 75.2 cm³/mol. The summed E-state index contributed by atoms with van der Waals surface area (Å²) < 4.78 is 6.67. The van der Waals surface area contributed by atoms with Gasteiger partial charge in [0.1, 0.15) is 6.54 Å². The number of halogens is 1. The molecule has 0 aliphatic heterocycles. The zero-order valence-corrected chi connectivity index (χ0v) is 12.6. The van der Waals surface area contributed by atoms with Gasteiger partial charge >= 0.3 is 11.8 Å². The first-order chi connectivity index (χ1) is 10.0. The summed E-state index contributed by atoms with van der Waals surface area (Å²) in [5.74, 6) is 0.660. The van der Waals surface area contributed by atoms with E-state index in [0.29, 0.717) is 29.9 Å². The third kappa shape index (κ3) is 3.07. The molecule has 1 amide bonds. The lowest BCUT2D eigenvalue weighted by Gasteiger charge is -1.99. The molecule has 3 rings (SSSR count). The van der Waals surface area contributed by atoms with Crippen molar-refractivity contribution in [2.45, 2.75) is 33.2 Å². The van der Waals surface area contributed by atoms with E-state index < -0.39 is 0 Å². The van der Waals surface area contributed by atoms with E-state index in [1.165, 1.54) is 12.8 Å². The molecule has 1 aliphatic carbocycles. The highest BCUT2D eigenvalue weighted by Crippen LogP contribution is 2.27. The second kappa shape index (κ2) is 5.48. The Labute approximate surface area is 126 Å². The van der Waals surface area contributed by atoms with Crippen LogP contribution in [0.5, 0.6) is 0 Å². The number of hydrogen-bond donors (Lipinski definition) is 1. The minimum absolute atomic E-state index is 0.0155. The van der Waals surface area contributed by atoms with Gasteiger partial charge in [-0.3, -0.25) is 9.48 Å². The smallest absolute Gasteiger partial charge is 0.316 e. The Morgan fingerprint density at radius 3 is 2.86 bits per heavy atom. The van der Waals surface area contributed by atoms with Crippen molar-refractivity contribution in [3.8, 4) is 0 Å². The minimum Gasteiger partial charge on any atom is -0.348 e. The molecule has 8 heteroatoms. The van der Waals surface area contributed by atoms with E-state index in [2.05, 4.69) is 20.6 Å². The van der Waals surface area contributed by atoms with Crippen LogP contribution < -0.4 is 5.32 Å². The summed E-state index contributed by atoms with van der Waals surface area (Å²) in [6, 6.07) is 0. The van der Waals surface area contributed by atoms with Gasteiger partial charge in [-0.1, -0.05) is 16.8 Å². The summed E-state index contributed by atoms with van der Waals surface area (Å²) in [6.45, 7) is 4.69. The van der Waals surface area contributed by atoms with Crippen LogP contribution in [0.4, 0.5) is 0 Å². The van der Waals surface area contributed by atoms with Gasteiger partial charge < -0.3 is 9.84 Å². The fourth-order valence-corrected chi connectivity index (χ4v) is 2.14. The quantitative estimate of drug-likeness (QED) is 0.909. The Morgan fingerprint density at radius 1 is 1.48 bits per heavy atom. The molecular formula is C13H16ClN5O2. The highest BCUT2D eigenvalue weighted by atomic mass is 35.5. The maximum atomic E-state index is 11.8. The van der Waals surface area contributed by atoms with Crippen LogP contribution in [0.25, 0.3) is 0 Å². The van der Waals surface area contributed by atoms with Crippen LogP contribution in [0.2, 0.25) is 5.02 Å². The average molecular weight is 310 g/mol. The van der Waals surface area contributed by atoms with Crippen LogP contribution in [0.1, 0.15) is 40.7 Å². The number of nitrogens with one attached hydrogen (secondary N) is 1. The normalized spacial score (nSPS) is 14.4. The number of carbonyl (C=O) groups excluding carboxylic acids is 1. The molecular weight excluding hydrogens is 294 g/mol. The first-order valence-corrected chi connectivity index (χ1v) is 7.22. The van der Waals surface area contributed by atoms with Gasteiger partial charge in [-0.25, -0.2) is 0 Å². The lowest BCUT2D eigenvalue weighted by molar-refractivity contribution is 0.0908. The highest BCUT2D eigenvalue weighted by Gasteiger charge is 2.23. The van der Waals surface area contributed by atoms with Gasteiger partial charge in [0.2, 0.25) is 0 Å². The second-order valence-corrected chi connectivity index (χ2v) is 5.69. The van der Waals surface area contributed by atoms with Gasteiger partial charge in [0.15, 0.2) is 5.82 Å². The number of aryl methyl sites for hydroxylation is 1. The molecule has 0 unspecified atom stereocenters. The number of rotatable bonds is 5. The zero-order chi connectivity index (χ0) is 15.0. The van der Waals surface area contributed by atoms with E-state index in [1.54, 1.807) is 4.68 Å². The maximum absolute atomic E-state index is 11.8. The van der Waals surface area contributed by atoms with E-state index in [-0.39, 0.29) is 11.8 Å². The summed E-state index contributed by atoms with van der Waals surface area (Å²) in [4.78, 5) is 15.9. The Hall–Kier alpha value is -1.89. The number of carbonyl (C=O) groups is 1. The Morgan fingerprint density at radius 2 is 2.24 bits per heavy atom. The van der Waals surface area contributed by atoms with E-state index in [4.69, 9.17) is 16.1 Å². The molecule has 1 N–H and O–H groups in total. The highest BCUT2D eigenvalue weighted by molar-refractivity contribution is 6.31. The molecule has 21 heavy (non-hydrogen) atoms.